The minimum absolute atomic E-state index is 0.0493. The van der Waals surface area contributed by atoms with Crippen LogP contribution in [-0.2, 0) is 0 Å². The summed E-state index contributed by atoms with van der Waals surface area (Å²) in [4.78, 5) is 18.8. The molecule has 1 heterocycles. The molecule has 0 bridgehead atoms. The first-order valence-electron chi connectivity index (χ1n) is 6.02. The molecule has 1 N–H and O–H groups in total. The van der Waals surface area contributed by atoms with Crippen LogP contribution < -0.4 is 5.32 Å². The molecule has 1 aromatic carbocycles. The Morgan fingerprint density at radius 3 is 2.80 bits per heavy atom. The van der Waals surface area contributed by atoms with E-state index in [0.29, 0.717) is 5.69 Å². The second-order valence-corrected chi connectivity index (χ2v) is 4.20. The summed E-state index contributed by atoms with van der Waals surface area (Å²) in [6.07, 6.45) is 6.71. The van der Waals surface area contributed by atoms with E-state index >= 15 is 0 Å². The first-order valence-corrected chi connectivity index (χ1v) is 6.02. The molecule has 0 aliphatic rings. The van der Waals surface area contributed by atoms with Gasteiger partial charge in [0.15, 0.2) is 0 Å². The number of hydrogen-bond acceptors (Lipinski definition) is 5. The predicted molar refractivity (Wildman–Crippen MR) is 78.2 cm³/mol. The zero-order valence-corrected chi connectivity index (χ0v) is 11.2. The maximum atomic E-state index is 11.0. The lowest BCUT2D eigenvalue weighted by Gasteiger charge is -2.04. The molecular weight excluding hydrogens is 256 g/mol. The number of allylic oxidation sites excluding steroid dienone is 1. The minimum atomic E-state index is -0.402. The molecule has 0 radical (unpaired) electrons. The van der Waals surface area contributed by atoms with Crippen molar-refractivity contribution in [3.63, 3.8) is 0 Å². The smallest absolute Gasteiger partial charge is 0.292 e. The highest BCUT2D eigenvalue weighted by atomic mass is 16.6. The van der Waals surface area contributed by atoms with Crippen molar-refractivity contribution < 1.29 is 4.92 Å². The quantitative estimate of drug-likeness (QED) is 0.682. The summed E-state index contributed by atoms with van der Waals surface area (Å²) in [5.41, 5.74) is 2.92. The van der Waals surface area contributed by atoms with Gasteiger partial charge < -0.3 is 5.32 Å². The van der Waals surface area contributed by atoms with Crippen molar-refractivity contribution in [3.8, 4) is 0 Å². The lowest BCUT2D eigenvalue weighted by molar-refractivity contribution is -0.383. The highest BCUT2D eigenvalue weighted by Gasteiger charge is 2.12. The van der Waals surface area contributed by atoms with E-state index in [1.807, 2.05) is 19.1 Å². The highest BCUT2D eigenvalue weighted by molar-refractivity contribution is 5.80. The van der Waals surface area contributed by atoms with E-state index in [-0.39, 0.29) is 5.69 Å². The number of benzene rings is 1. The maximum absolute atomic E-state index is 11.0. The SMILES string of the molecule is CNc1ccc(C=C(C)c2cnccn2)cc1[N+](=O)[O-]. The summed E-state index contributed by atoms with van der Waals surface area (Å²) >= 11 is 0. The van der Waals surface area contributed by atoms with E-state index in [1.165, 1.54) is 6.07 Å². The largest absolute Gasteiger partial charge is 0.383 e. The van der Waals surface area contributed by atoms with Crippen LogP contribution in [0.15, 0.2) is 36.8 Å². The van der Waals surface area contributed by atoms with E-state index in [4.69, 9.17) is 0 Å². The van der Waals surface area contributed by atoms with Gasteiger partial charge in [-0.25, -0.2) is 0 Å². The lowest BCUT2D eigenvalue weighted by Crippen LogP contribution is -1.96. The van der Waals surface area contributed by atoms with Gasteiger partial charge >= 0.3 is 0 Å². The second-order valence-electron chi connectivity index (χ2n) is 4.20. The Morgan fingerprint density at radius 1 is 1.40 bits per heavy atom. The van der Waals surface area contributed by atoms with E-state index in [2.05, 4.69) is 15.3 Å². The van der Waals surface area contributed by atoms with Crippen LogP contribution in [0, 0.1) is 10.1 Å². The van der Waals surface area contributed by atoms with Gasteiger partial charge in [0.25, 0.3) is 5.69 Å². The number of nitrogens with one attached hydrogen (secondary N) is 1. The van der Waals surface area contributed by atoms with Gasteiger partial charge in [0, 0.05) is 25.5 Å². The first kappa shape index (κ1) is 13.7. The van der Waals surface area contributed by atoms with Gasteiger partial charge in [-0.2, -0.15) is 0 Å². The van der Waals surface area contributed by atoms with Gasteiger partial charge in [-0.15, -0.1) is 0 Å². The molecule has 0 saturated carbocycles. The number of nitrogens with zero attached hydrogens (tertiary/aromatic N) is 3. The monoisotopic (exact) mass is 270 g/mol. The van der Waals surface area contributed by atoms with Crippen LogP contribution in [0.25, 0.3) is 11.6 Å². The molecule has 2 rings (SSSR count). The van der Waals surface area contributed by atoms with Crippen molar-refractivity contribution in [1.82, 2.24) is 9.97 Å². The third kappa shape index (κ3) is 2.97. The van der Waals surface area contributed by atoms with Crippen LogP contribution in [0.5, 0.6) is 0 Å². The maximum Gasteiger partial charge on any atom is 0.292 e. The molecule has 0 amide bonds. The average Bonchev–Trinajstić information content (AvgIpc) is 2.48. The number of hydrogen-bond donors (Lipinski definition) is 1. The van der Waals surface area contributed by atoms with Gasteiger partial charge in [-0.3, -0.25) is 20.1 Å². The van der Waals surface area contributed by atoms with Gasteiger partial charge in [0.1, 0.15) is 5.69 Å². The molecule has 0 unspecified atom stereocenters. The molecule has 0 aliphatic heterocycles. The Bertz CT molecular complexity index is 653. The molecule has 102 valence electrons. The molecule has 0 fully saturated rings. The van der Waals surface area contributed by atoms with Gasteiger partial charge in [0.05, 0.1) is 16.8 Å². The molecule has 2 aromatic rings. The normalized spacial score (nSPS) is 11.2. The Balaban J connectivity index is 2.39. The van der Waals surface area contributed by atoms with E-state index < -0.39 is 4.92 Å². The summed E-state index contributed by atoms with van der Waals surface area (Å²) in [7, 11) is 1.66. The zero-order valence-electron chi connectivity index (χ0n) is 11.2. The number of rotatable bonds is 4. The summed E-state index contributed by atoms with van der Waals surface area (Å²) < 4.78 is 0. The van der Waals surface area contributed by atoms with Crippen LogP contribution in [0.3, 0.4) is 0 Å². The predicted octanol–water partition coefficient (Wildman–Crippen LogP) is 2.99. The molecule has 0 spiro atoms. The summed E-state index contributed by atoms with van der Waals surface area (Å²) in [6.45, 7) is 1.89. The Kier molecular flexibility index (Phi) is 4.05. The van der Waals surface area contributed by atoms with Crippen LogP contribution in [-0.4, -0.2) is 21.9 Å². The Labute approximate surface area is 116 Å². The summed E-state index contributed by atoms with van der Waals surface area (Å²) in [5.74, 6) is 0. The molecule has 6 heteroatoms. The van der Waals surface area contributed by atoms with Crippen molar-refractivity contribution in [2.45, 2.75) is 6.92 Å². The van der Waals surface area contributed by atoms with E-state index in [9.17, 15) is 10.1 Å². The first-order chi connectivity index (χ1) is 9.61. The zero-order chi connectivity index (χ0) is 14.5. The van der Waals surface area contributed by atoms with Crippen molar-refractivity contribution >= 4 is 23.0 Å². The lowest BCUT2D eigenvalue weighted by atomic mass is 10.1. The second kappa shape index (κ2) is 5.92. The Morgan fingerprint density at radius 2 is 2.20 bits per heavy atom. The fourth-order valence-electron chi connectivity index (χ4n) is 1.83. The third-order valence-corrected chi connectivity index (χ3v) is 2.84. The average molecular weight is 270 g/mol. The molecule has 0 aliphatic carbocycles. The molecule has 0 atom stereocenters. The van der Waals surface area contributed by atoms with E-state index in [1.54, 1.807) is 31.7 Å². The van der Waals surface area contributed by atoms with Gasteiger partial charge in [-0.1, -0.05) is 6.07 Å². The van der Waals surface area contributed by atoms with Crippen LogP contribution in [0.2, 0.25) is 0 Å². The van der Waals surface area contributed by atoms with E-state index in [0.717, 1.165) is 16.8 Å². The molecule has 0 saturated heterocycles. The van der Waals surface area contributed by atoms with Crippen molar-refractivity contribution in [2.75, 3.05) is 12.4 Å². The minimum Gasteiger partial charge on any atom is -0.383 e. The standard InChI is InChI=1S/C14H14N4O2/c1-10(13-9-16-5-6-17-13)7-11-3-4-12(15-2)14(8-11)18(19)20/h3-9,15H,1-2H3. The van der Waals surface area contributed by atoms with Crippen LogP contribution in [0.1, 0.15) is 18.2 Å². The highest BCUT2D eigenvalue weighted by Crippen LogP contribution is 2.26. The third-order valence-electron chi connectivity index (χ3n) is 2.84. The van der Waals surface area contributed by atoms with Gasteiger partial charge in [-0.05, 0) is 30.2 Å². The van der Waals surface area contributed by atoms with Gasteiger partial charge in [0.2, 0.25) is 0 Å². The fourth-order valence-corrected chi connectivity index (χ4v) is 1.83. The molecule has 1 aromatic heterocycles. The number of nitro groups is 1. The Hall–Kier alpha value is -2.76. The number of anilines is 1. The van der Waals surface area contributed by atoms with Crippen molar-refractivity contribution in [1.29, 1.82) is 0 Å². The van der Waals surface area contributed by atoms with Crippen molar-refractivity contribution in [3.05, 3.63) is 58.2 Å². The number of nitro benzene ring substituents is 1. The topological polar surface area (TPSA) is 81.0 Å². The summed E-state index contributed by atoms with van der Waals surface area (Å²) in [6, 6.07) is 5.04. The van der Waals surface area contributed by atoms with Crippen molar-refractivity contribution in [2.24, 2.45) is 0 Å². The molecule has 6 nitrogen and oxygen atoms in total. The van der Waals surface area contributed by atoms with Crippen LogP contribution in [0.4, 0.5) is 11.4 Å². The molecule has 20 heavy (non-hydrogen) atoms. The fraction of sp³-hybridized carbons (Fsp3) is 0.143. The summed E-state index contributed by atoms with van der Waals surface area (Å²) in [5, 5.41) is 13.8. The number of aromatic nitrogens is 2. The van der Waals surface area contributed by atoms with Crippen LogP contribution >= 0.6 is 0 Å². The molecular formula is C14H14N4O2.